The SMILES string of the molecule is COC(=O)C1(CC(=O)O)C(=O)N(Cc2ccc(Cl)c(Cl)c2)C(=O)c2ccccc21. The van der Waals surface area contributed by atoms with Crippen LogP contribution in [0.3, 0.4) is 0 Å². The Morgan fingerprint density at radius 1 is 1.10 bits per heavy atom. The van der Waals surface area contributed by atoms with E-state index in [2.05, 4.69) is 0 Å². The molecule has 0 saturated carbocycles. The van der Waals surface area contributed by atoms with Gasteiger partial charge in [0.15, 0.2) is 5.41 Å². The number of carboxylic acids is 1. The van der Waals surface area contributed by atoms with E-state index in [0.717, 1.165) is 12.0 Å². The third-order valence-corrected chi connectivity index (χ3v) is 5.49. The van der Waals surface area contributed by atoms with Crippen molar-refractivity contribution in [3.05, 3.63) is 69.2 Å². The van der Waals surface area contributed by atoms with Crippen LogP contribution in [0.4, 0.5) is 0 Å². The van der Waals surface area contributed by atoms with E-state index in [9.17, 15) is 24.3 Å². The maximum atomic E-state index is 13.4. The summed E-state index contributed by atoms with van der Waals surface area (Å²) in [7, 11) is 1.06. The molecule has 2 amide bonds. The predicted octanol–water partition coefficient (Wildman–Crippen LogP) is 3.06. The highest BCUT2D eigenvalue weighted by Gasteiger charge is 2.58. The Kier molecular flexibility index (Phi) is 5.64. The van der Waals surface area contributed by atoms with E-state index < -0.39 is 35.6 Å². The molecule has 1 aliphatic rings. The highest BCUT2D eigenvalue weighted by Crippen LogP contribution is 2.40. The van der Waals surface area contributed by atoms with Gasteiger partial charge in [-0.1, -0.05) is 47.5 Å². The van der Waals surface area contributed by atoms with Crippen molar-refractivity contribution >= 4 is 47.0 Å². The average Bonchev–Trinajstić information content (AvgIpc) is 2.70. The molecule has 29 heavy (non-hydrogen) atoms. The molecule has 1 aliphatic heterocycles. The third kappa shape index (κ3) is 3.47. The molecular formula is C20H15Cl2NO6. The zero-order chi connectivity index (χ0) is 21.3. The summed E-state index contributed by atoms with van der Waals surface area (Å²) in [4.78, 5) is 51.5. The summed E-state index contributed by atoms with van der Waals surface area (Å²) < 4.78 is 4.79. The second kappa shape index (κ2) is 7.85. The lowest BCUT2D eigenvalue weighted by Crippen LogP contribution is -2.58. The van der Waals surface area contributed by atoms with E-state index in [4.69, 9.17) is 27.9 Å². The first-order valence-electron chi connectivity index (χ1n) is 8.42. The summed E-state index contributed by atoms with van der Waals surface area (Å²) in [6.07, 6.45) is -0.860. The molecule has 0 saturated heterocycles. The molecule has 2 aromatic carbocycles. The normalized spacial score (nSPS) is 18.4. The topological polar surface area (TPSA) is 101 Å². The number of carbonyl (C=O) groups excluding carboxylic acids is 3. The van der Waals surface area contributed by atoms with Crippen LogP contribution in [0, 0.1) is 0 Å². The summed E-state index contributed by atoms with van der Waals surface area (Å²) in [6.45, 7) is -0.221. The Morgan fingerprint density at radius 3 is 2.41 bits per heavy atom. The Hall–Kier alpha value is -2.90. The molecule has 0 radical (unpaired) electrons. The number of benzene rings is 2. The number of carboxylic acid groups (broad SMARTS) is 1. The quantitative estimate of drug-likeness (QED) is 0.439. The molecule has 0 spiro atoms. The fourth-order valence-electron chi connectivity index (χ4n) is 3.43. The van der Waals surface area contributed by atoms with Crippen LogP contribution in [0.15, 0.2) is 42.5 Å². The van der Waals surface area contributed by atoms with Gasteiger partial charge in [-0.05, 0) is 29.3 Å². The van der Waals surface area contributed by atoms with Gasteiger partial charge in [-0.3, -0.25) is 24.1 Å². The summed E-state index contributed by atoms with van der Waals surface area (Å²) in [6, 6.07) is 10.5. The van der Waals surface area contributed by atoms with Crippen LogP contribution in [0.2, 0.25) is 10.0 Å². The number of esters is 1. The summed E-state index contributed by atoms with van der Waals surface area (Å²) in [5, 5.41) is 9.96. The van der Waals surface area contributed by atoms with Crippen molar-refractivity contribution in [3.63, 3.8) is 0 Å². The number of rotatable bonds is 5. The Morgan fingerprint density at radius 2 is 1.79 bits per heavy atom. The number of hydrogen-bond donors (Lipinski definition) is 1. The second-order valence-electron chi connectivity index (χ2n) is 6.46. The fourth-order valence-corrected chi connectivity index (χ4v) is 3.75. The van der Waals surface area contributed by atoms with Gasteiger partial charge in [-0.2, -0.15) is 0 Å². The van der Waals surface area contributed by atoms with Crippen molar-refractivity contribution in [2.45, 2.75) is 18.4 Å². The molecule has 9 heteroatoms. The fraction of sp³-hybridized carbons (Fsp3) is 0.200. The minimum atomic E-state index is -2.18. The van der Waals surface area contributed by atoms with Gasteiger partial charge in [0.2, 0.25) is 0 Å². The van der Waals surface area contributed by atoms with Crippen LogP contribution in [0.5, 0.6) is 0 Å². The van der Waals surface area contributed by atoms with Gasteiger partial charge in [0, 0.05) is 5.56 Å². The van der Waals surface area contributed by atoms with Gasteiger partial charge >= 0.3 is 11.9 Å². The zero-order valence-electron chi connectivity index (χ0n) is 15.1. The molecule has 7 nitrogen and oxygen atoms in total. The number of imide groups is 1. The van der Waals surface area contributed by atoms with Gasteiger partial charge < -0.3 is 9.84 Å². The molecule has 0 aromatic heterocycles. The molecule has 3 rings (SSSR count). The number of hydrogen-bond acceptors (Lipinski definition) is 5. The first-order chi connectivity index (χ1) is 13.7. The first-order valence-corrected chi connectivity index (χ1v) is 9.18. The molecule has 0 fully saturated rings. The van der Waals surface area contributed by atoms with Gasteiger partial charge in [-0.25, -0.2) is 0 Å². The number of methoxy groups -OCH3 is 1. The molecule has 1 atom stereocenters. The van der Waals surface area contributed by atoms with Crippen molar-refractivity contribution in [3.8, 4) is 0 Å². The Bertz CT molecular complexity index is 1040. The maximum absolute atomic E-state index is 13.4. The number of halogens is 2. The highest BCUT2D eigenvalue weighted by molar-refractivity contribution is 6.42. The number of ether oxygens (including phenoxy) is 1. The lowest BCUT2D eigenvalue weighted by Gasteiger charge is -2.39. The van der Waals surface area contributed by atoms with E-state index in [1.54, 1.807) is 12.1 Å². The van der Waals surface area contributed by atoms with E-state index in [1.165, 1.54) is 30.3 Å². The Balaban J connectivity index is 2.18. The van der Waals surface area contributed by atoms with Gasteiger partial charge in [0.25, 0.3) is 11.8 Å². The summed E-state index contributed by atoms with van der Waals surface area (Å²) in [5.74, 6) is -4.06. The van der Waals surface area contributed by atoms with Crippen LogP contribution in [0.25, 0.3) is 0 Å². The smallest absolute Gasteiger partial charge is 0.326 e. The first kappa shape index (κ1) is 20.8. The average molecular weight is 436 g/mol. The molecule has 0 aliphatic carbocycles. The van der Waals surface area contributed by atoms with E-state index in [1.807, 2.05) is 0 Å². The number of carbonyl (C=O) groups is 4. The number of nitrogens with zero attached hydrogens (tertiary/aromatic N) is 1. The van der Waals surface area contributed by atoms with Crippen LogP contribution >= 0.6 is 23.2 Å². The molecule has 1 heterocycles. The summed E-state index contributed by atoms with van der Waals surface area (Å²) in [5.41, 5.74) is -1.63. The molecule has 1 unspecified atom stereocenters. The highest BCUT2D eigenvalue weighted by atomic mass is 35.5. The van der Waals surface area contributed by atoms with Crippen molar-refractivity contribution in [1.82, 2.24) is 4.90 Å². The second-order valence-corrected chi connectivity index (χ2v) is 7.27. The lowest BCUT2D eigenvalue weighted by molar-refractivity contribution is -0.161. The van der Waals surface area contributed by atoms with Crippen molar-refractivity contribution in [2.24, 2.45) is 0 Å². The monoisotopic (exact) mass is 435 g/mol. The zero-order valence-corrected chi connectivity index (χ0v) is 16.7. The molecule has 150 valence electrons. The Labute approximate surface area is 175 Å². The van der Waals surface area contributed by atoms with Crippen LogP contribution in [-0.2, 0) is 31.1 Å². The summed E-state index contributed by atoms with van der Waals surface area (Å²) >= 11 is 11.9. The van der Waals surface area contributed by atoms with Crippen LogP contribution in [0.1, 0.15) is 27.9 Å². The van der Waals surface area contributed by atoms with Crippen LogP contribution in [-0.4, -0.2) is 40.9 Å². The lowest BCUT2D eigenvalue weighted by atomic mass is 9.71. The number of amides is 2. The molecule has 2 aromatic rings. The van der Waals surface area contributed by atoms with Crippen molar-refractivity contribution < 1.29 is 29.0 Å². The minimum Gasteiger partial charge on any atom is -0.481 e. The molecular weight excluding hydrogens is 421 g/mol. The van der Waals surface area contributed by atoms with Crippen molar-refractivity contribution in [1.29, 1.82) is 0 Å². The largest absolute Gasteiger partial charge is 0.481 e. The van der Waals surface area contributed by atoms with Gasteiger partial charge in [0.05, 0.1) is 30.1 Å². The van der Waals surface area contributed by atoms with Gasteiger partial charge in [-0.15, -0.1) is 0 Å². The number of aliphatic carboxylic acids is 1. The minimum absolute atomic E-state index is 0.00892. The standard InChI is InChI=1S/C20H15Cl2NO6/c1-29-19(28)20(9-16(24)25)13-5-3-2-4-12(13)17(26)23(18(20)27)10-11-6-7-14(21)15(22)8-11/h2-8H,9-10H2,1H3,(H,24,25). The number of fused-ring (bicyclic) bond motifs is 1. The van der Waals surface area contributed by atoms with Crippen molar-refractivity contribution in [2.75, 3.05) is 7.11 Å². The van der Waals surface area contributed by atoms with Crippen LogP contribution < -0.4 is 0 Å². The third-order valence-electron chi connectivity index (χ3n) is 4.75. The van der Waals surface area contributed by atoms with E-state index in [-0.39, 0.29) is 22.7 Å². The van der Waals surface area contributed by atoms with Gasteiger partial charge in [0.1, 0.15) is 0 Å². The maximum Gasteiger partial charge on any atom is 0.326 e. The molecule has 1 N–H and O–H groups in total. The molecule has 0 bridgehead atoms. The van der Waals surface area contributed by atoms with E-state index in [0.29, 0.717) is 10.6 Å². The van der Waals surface area contributed by atoms with E-state index >= 15 is 0 Å². The predicted molar refractivity (Wildman–Crippen MR) is 104 cm³/mol.